The van der Waals surface area contributed by atoms with Crippen LogP contribution < -0.4 is 10.4 Å². The van der Waals surface area contributed by atoms with Gasteiger partial charge in [0.2, 0.25) is 0 Å². The van der Waals surface area contributed by atoms with Crippen molar-refractivity contribution in [3.63, 3.8) is 0 Å². The summed E-state index contributed by atoms with van der Waals surface area (Å²) in [5.41, 5.74) is 3.32. The maximum atomic E-state index is 4.40. The van der Waals surface area contributed by atoms with Crippen LogP contribution in [-0.4, -0.2) is 23.1 Å². The Bertz CT molecular complexity index is 323. The van der Waals surface area contributed by atoms with Crippen LogP contribution in [0.5, 0.6) is 0 Å². The third-order valence-electron chi connectivity index (χ3n) is 2.21. The molecule has 76 valence electrons. The van der Waals surface area contributed by atoms with Crippen molar-refractivity contribution in [3.05, 3.63) is 16.5 Å². The molecular formula is C9H13BrN4. The molecule has 0 aromatic carbocycles. The highest BCUT2D eigenvalue weighted by Gasteiger charge is 2.14. The van der Waals surface area contributed by atoms with Crippen LogP contribution in [0.3, 0.4) is 0 Å². The maximum Gasteiger partial charge on any atom is 0.160 e. The summed E-state index contributed by atoms with van der Waals surface area (Å²) in [4.78, 5) is 8.52. The van der Waals surface area contributed by atoms with E-state index in [1.54, 1.807) is 6.20 Å². The molecule has 0 bridgehead atoms. The molecule has 1 aliphatic rings. The van der Waals surface area contributed by atoms with E-state index in [0.717, 1.165) is 29.2 Å². The van der Waals surface area contributed by atoms with Gasteiger partial charge >= 0.3 is 0 Å². The van der Waals surface area contributed by atoms with E-state index in [9.17, 15) is 0 Å². The van der Waals surface area contributed by atoms with Gasteiger partial charge in [0.05, 0.1) is 4.47 Å². The molecule has 1 aliphatic heterocycles. The molecule has 1 aromatic rings. The van der Waals surface area contributed by atoms with Gasteiger partial charge in [-0.05, 0) is 35.7 Å². The molecular weight excluding hydrogens is 244 g/mol. The Morgan fingerprint density at radius 1 is 1.50 bits per heavy atom. The summed E-state index contributed by atoms with van der Waals surface area (Å²) in [6.45, 7) is 3.93. The minimum absolute atomic E-state index is 0.801. The zero-order valence-corrected chi connectivity index (χ0v) is 9.71. The van der Waals surface area contributed by atoms with Gasteiger partial charge in [0.25, 0.3) is 0 Å². The summed E-state index contributed by atoms with van der Waals surface area (Å²) < 4.78 is 0.942. The summed E-state index contributed by atoms with van der Waals surface area (Å²) in [6.07, 6.45) is 4.24. The Morgan fingerprint density at radius 3 is 3.07 bits per heavy atom. The van der Waals surface area contributed by atoms with Gasteiger partial charge in [-0.3, -0.25) is 5.01 Å². The minimum atomic E-state index is 0.801. The number of nitrogens with one attached hydrogen (secondary N) is 1. The molecule has 1 aromatic heterocycles. The molecule has 0 atom stereocenters. The van der Waals surface area contributed by atoms with Gasteiger partial charge in [-0.1, -0.05) is 0 Å². The fourth-order valence-corrected chi connectivity index (χ4v) is 1.91. The number of hydrazine groups is 1. The number of hydrogen-bond donors (Lipinski definition) is 1. The van der Waals surface area contributed by atoms with E-state index in [0.29, 0.717) is 0 Å². The normalized spacial score (nSPS) is 17.1. The van der Waals surface area contributed by atoms with Crippen LogP contribution in [0.1, 0.15) is 18.7 Å². The number of halogens is 1. The van der Waals surface area contributed by atoms with E-state index < -0.39 is 0 Å². The molecule has 1 saturated heterocycles. The number of nitrogens with zero attached hydrogens (tertiary/aromatic N) is 3. The lowest BCUT2D eigenvalue weighted by molar-refractivity contribution is 0.505. The fourth-order valence-electron chi connectivity index (χ4n) is 1.50. The monoisotopic (exact) mass is 256 g/mol. The predicted molar refractivity (Wildman–Crippen MR) is 59.1 cm³/mol. The third kappa shape index (κ3) is 2.04. The van der Waals surface area contributed by atoms with Crippen molar-refractivity contribution in [1.29, 1.82) is 0 Å². The van der Waals surface area contributed by atoms with Gasteiger partial charge in [0, 0.05) is 19.3 Å². The molecule has 0 saturated carbocycles. The van der Waals surface area contributed by atoms with Crippen LogP contribution in [0.2, 0.25) is 0 Å². The molecule has 0 spiro atoms. The van der Waals surface area contributed by atoms with Crippen LogP contribution in [-0.2, 0) is 0 Å². The average Bonchev–Trinajstić information content (AvgIpc) is 2.23. The van der Waals surface area contributed by atoms with Gasteiger partial charge < -0.3 is 0 Å². The van der Waals surface area contributed by atoms with Gasteiger partial charge in [-0.15, -0.1) is 0 Å². The molecule has 0 aliphatic carbocycles. The molecule has 2 rings (SSSR count). The Hall–Kier alpha value is -0.680. The van der Waals surface area contributed by atoms with Crippen molar-refractivity contribution in [1.82, 2.24) is 15.4 Å². The highest BCUT2D eigenvalue weighted by molar-refractivity contribution is 9.10. The first-order chi connectivity index (χ1) is 6.77. The Kier molecular flexibility index (Phi) is 2.98. The lowest BCUT2D eigenvalue weighted by Crippen LogP contribution is -2.44. The Morgan fingerprint density at radius 2 is 2.36 bits per heavy atom. The van der Waals surface area contributed by atoms with Gasteiger partial charge in [0.1, 0.15) is 5.82 Å². The Balaban J connectivity index is 2.24. The van der Waals surface area contributed by atoms with Crippen LogP contribution >= 0.6 is 15.9 Å². The second kappa shape index (κ2) is 4.23. The van der Waals surface area contributed by atoms with E-state index in [1.807, 2.05) is 6.92 Å². The molecule has 0 amide bonds. The van der Waals surface area contributed by atoms with Crippen molar-refractivity contribution in [3.8, 4) is 0 Å². The largest absolute Gasteiger partial charge is 0.291 e. The van der Waals surface area contributed by atoms with Crippen molar-refractivity contribution < 1.29 is 0 Å². The van der Waals surface area contributed by atoms with Gasteiger partial charge in [0.15, 0.2) is 5.82 Å². The highest BCUT2D eigenvalue weighted by atomic mass is 79.9. The molecule has 1 fully saturated rings. The lowest BCUT2D eigenvalue weighted by atomic mass is 10.2. The van der Waals surface area contributed by atoms with E-state index >= 15 is 0 Å². The lowest BCUT2D eigenvalue weighted by Gasteiger charge is -2.29. The van der Waals surface area contributed by atoms with Gasteiger partial charge in [-0.25, -0.2) is 15.4 Å². The highest BCUT2D eigenvalue weighted by Crippen LogP contribution is 2.22. The first-order valence-corrected chi connectivity index (χ1v) is 5.57. The minimum Gasteiger partial charge on any atom is -0.291 e. The number of hydrogen-bond acceptors (Lipinski definition) is 4. The zero-order chi connectivity index (χ0) is 9.97. The van der Waals surface area contributed by atoms with Crippen LogP contribution in [0, 0.1) is 6.92 Å². The summed E-state index contributed by atoms with van der Waals surface area (Å²) in [5.74, 6) is 1.74. The van der Waals surface area contributed by atoms with Crippen LogP contribution in [0.25, 0.3) is 0 Å². The summed E-state index contributed by atoms with van der Waals surface area (Å²) >= 11 is 3.46. The van der Waals surface area contributed by atoms with Gasteiger partial charge in [-0.2, -0.15) is 0 Å². The molecule has 0 radical (unpaired) electrons. The number of anilines is 1. The van der Waals surface area contributed by atoms with Crippen molar-refractivity contribution in [2.45, 2.75) is 19.8 Å². The molecule has 5 heteroatoms. The first-order valence-electron chi connectivity index (χ1n) is 4.77. The first kappa shape index (κ1) is 9.86. The molecule has 1 N–H and O–H groups in total. The second-order valence-corrected chi connectivity index (χ2v) is 4.21. The summed E-state index contributed by atoms with van der Waals surface area (Å²) in [6, 6.07) is 0. The van der Waals surface area contributed by atoms with Crippen molar-refractivity contribution >= 4 is 21.7 Å². The van der Waals surface area contributed by atoms with Crippen molar-refractivity contribution in [2.24, 2.45) is 0 Å². The zero-order valence-electron chi connectivity index (χ0n) is 8.13. The average molecular weight is 257 g/mol. The SMILES string of the molecule is Cc1ncc(Br)c(N2CCCCN2)n1. The molecule has 2 heterocycles. The maximum absolute atomic E-state index is 4.40. The topological polar surface area (TPSA) is 41.1 Å². The van der Waals surface area contributed by atoms with Crippen LogP contribution in [0.15, 0.2) is 10.7 Å². The molecule has 0 unspecified atom stereocenters. The third-order valence-corrected chi connectivity index (χ3v) is 2.77. The molecule has 4 nitrogen and oxygen atoms in total. The standard InChI is InChI=1S/C9H13BrN4/c1-7-11-6-8(10)9(13-7)14-5-3-2-4-12-14/h6,12H,2-5H2,1H3. The fraction of sp³-hybridized carbons (Fsp3) is 0.556. The number of rotatable bonds is 1. The second-order valence-electron chi connectivity index (χ2n) is 3.36. The van der Waals surface area contributed by atoms with E-state index in [-0.39, 0.29) is 0 Å². The smallest absolute Gasteiger partial charge is 0.160 e. The van der Waals surface area contributed by atoms with E-state index in [4.69, 9.17) is 0 Å². The number of aromatic nitrogens is 2. The van der Waals surface area contributed by atoms with E-state index in [1.165, 1.54) is 12.8 Å². The molecule has 14 heavy (non-hydrogen) atoms. The number of aryl methyl sites for hydroxylation is 1. The quantitative estimate of drug-likeness (QED) is 0.830. The van der Waals surface area contributed by atoms with E-state index in [2.05, 4.69) is 36.3 Å². The van der Waals surface area contributed by atoms with Crippen LogP contribution in [0.4, 0.5) is 5.82 Å². The predicted octanol–water partition coefficient (Wildman–Crippen LogP) is 1.65. The summed E-state index contributed by atoms with van der Waals surface area (Å²) in [7, 11) is 0. The Labute approximate surface area is 91.8 Å². The summed E-state index contributed by atoms with van der Waals surface area (Å²) in [5, 5.41) is 2.09. The van der Waals surface area contributed by atoms with Crippen molar-refractivity contribution in [2.75, 3.05) is 18.1 Å².